The van der Waals surface area contributed by atoms with Gasteiger partial charge in [0.15, 0.2) is 0 Å². The quantitative estimate of drug-likeness (QED) is 0.482. The first-order valence-corrected chi connectivity index (χ1v) is 12.0. The van der Waals surface area contributed by atoms with Crippen LogP contribution in [0.15, 0.2) is 30.3 Å². The van der Waals surface area contributed by atoms with Gasteiger partial charge in [0.1, 0.15) is 6.54 Å². The predicted octanol–water partition coefficient (Wildman–Crippen LogP) is 1.92. The van der Waals surface area contributed by atoms with Gasteiger partial charge in [-0.1, -0.05) is 25.1 Å². The van der Waals surface area contributed by atoms with Crippen LogP contribution in [0, 0.1) is 0 Å². The number of methoxy groups -OCH3 is 1. The minimum Gasteiger partial charge on any atom is -0.468 e. The summed E-state index contributed by atoms with van der Waals surface area (Å²) in [5.41, 5.74) is 6.28. The maximum Gasteiger partial charge on any atom is 0.325 e. The van der Waals surface area contributed by atoms with E-state index in [0.717, 1.165) is 0 Å². The summed E-state index contributed by atoms with van der Waals surface area (Å²) >= 11 is 5.92. The molecule has 1 fully saturated rings. The molecule has 1 heterocycles. The van der Waals surface area contributed by atoms with Crippen molar-refractivity contribution in [3.05, 3.63) is 35.9 Å². The third-order valence-electron chi connectivity index (χ3n) is 4.83. The van der Waals surface area contributed by atoms with Gasteiger partial charge in [-0.2, -0.15) is 24.4 Å². The zero-order valence-corrected chi connectivity index (χ0v) is 19.7. The van der Waals surface area contributed by atoms with Crippen LogP contribution in [0.25, 0.3) is 0 Å². The van der Waals surface area contributed by atoms with Crippen molar-refractivity contribution in [1.82, 2.24) is 9.80 Å². The molecule has 0 radical (unpaired) electrons. The Morgan fingerprint density at radius 1 is 1.27 bits per heavy atom. The molecule has 1 aromatic rings. The van der Waals surface area contributed by atoms with Crippen LogP contribution < -0.4 is 5.73 Å². The first-order valence-electron chi connectivity index (χ1n) is 9.96. The minimum atomic E-state index is -0.619. The molecule has 1 saturated heterocycles. The number of benzene rings is 1. The van der Waals surface area contributed by atoms with E-state index in [4.69, 9.17) is 10.5 Å². The summed E-state index contributed by atoms with van der Waals surface area (Å²) in [5, 5.41) is 0. The van der Waals surface area contributed by atoms with E-state index in [-0.39, 0.29) is 24.4 Å². The maximum atomic E-state index is 12.9. The van der Waals surface area contributed by atoms with Crippen LogP contribution in [0.1, 0.15) is 30.1 Å². The van der Waals surface area contributed by atoms with Crippen molar-refractivity contribution in [3.8, 4) is 0 Å². The molecular weight excluding hydrogens is 422 g/mol. The Balaban J connectivity index is 0.00000103. The van der Waals surface area contributed by atoms with E-state index >= 15 is 0 Å². The zero-order valence-electron chi connectivity index (χ0n) is 18.0. The normalized spacial score (nSPS) is 14.9. The second-order valence-corrected chi connectivity index (χ2v) is 8.32. The Kier molecular flexibility index (Phi) is 12.6. The Labute approximate surface area is 189 Å². The largest absolute Gasteiger partial charge is 0.468 e. The van der Waals surface area contributed by atoms with Gasteiger partial charge in [-0.3, -0.25) is 14.4 Å². The van der Waals surface area contributed by atoms with Crippen LogP contribution >= 0.6 is 24.4 Å². The van der Waals surface area contributed by atoms with Crippen LogP contribution in [0.2, 0.25) is 0 Å². The molecule has 2 rings (SSSR count). The number of thiol groups is 1. The van der Waals surface area contributed by atoms with Gasteiger partial charge in [-0.25, -0.2) is 0 Å². The van der Waals surface area contributed by atoms with Gasteiger partial charge >= 0.3 is 5.97 Å². The lowest BCUT2D eigenvalue weighted by Crippen LogP contribution is -2.53. The average Bonchev–Trinajstić information content (AvgIpc) is 2.81. The number of esters is 1. The van der Waals surface area contributed by atoms with Crippen molar-refractivity contribution >= 4 is 42.2 Å². The fourth-order valence-corrected chi connectivity index (χ4v) is 3.18. The number of carbonyl (C=O) groups excluding carboxylic acids is 3. The molecule has 1 aromatic carbocycles. The highest BCUT2D eigenvalue weighted by Crippen LogP contribution is 2.20. The highest BCUT2D eigenvalue weighted by molar-refractivity contribution is 7.98. The van der Waals surface area contributed by atoms with E-state index in [1.165, 1.54) is 12.9 Å². The highest BCUT2D eigenvalue weighted by atomic mass is 32.2. The SMILES string of the molecule is CCSC.COC(=O)CN(C(=O)c1ccccc1)C1CCN(C(=O)C(N)CS)CC1. The maximum absolute atomic E-state index is 12.9. The second kappa shape index (κ2) is 14.3. The molecule has 1 aliphatic rings. The monoisotopic (exact) mass is 455 g/mol. The summed E-state index contributed by atoms with van der Waals surface area (Å²) in [6.07, 6.45) is 3.27. The first kappa shape index (κ1) is 26.3. The number of nitrogens with zero attached hydrogens (tertiary/aromatic N) is 2. The molecule has 9 heteroatoms. The van der Waals surface area contributed by atoms with Crippen LogP contribution in [0.4, 0.5) is 0 Å². The molecule has 168 valence electrons. The summed E-state index contributed by atoms with van der Waals surface area (Å²) in [4.78, 5) is 40.1. The van der Waals surface area contributed by atoms with E-state index in [1.807, 2.05) is 17.8 Å². The van der Waals surface area contributed by atoms with Gasteiger partial charge in [-0.05, 0) is 37.0 Å². The van der Waals surface area contributed by atoms with Crippen LogP contribution in [0.5, 0.6) is 0 Å². The van der Waals surface area contributed by atoms with Crippen LogP contribution in [0.3, 0.4) is 0 Å². The summed E-state index contributed by atoms with van der Waals surface area (Å²) < 4.78 is 4.74. The topological polar surface area (TPSA) is 92.9 Å². The smallest absolute Gasteiger partial charge is 0.325 e. The fraction of sp³-hybridized carbons (Fsp3) is 0.571. The Hall–Kier alpha value is -1.71. The lowest BCUT2D eigenvalue weighted by atomic mass is 10.0. The molecule has 0 spiro atoms. The predicted molar refractivity (Wildman–Crippen MR) is 125 cm³/mol. The van der Waals surface area contributed by atoms with Crippen molar-refractivity contribution in [2.75, 3.05) is 44.5 Å². The number of ether oxygens (including phenoxy) is 1. The average molecular weight is 456 g/mol. The van der Waals surface area contributed by atoms with Crippen molar-refractivity contribution in [3.63, 3.8) is 0 Å². The number of rotatable bonds is 7. The molecule has 30 heavy (non-hydrogen) atoms. The number of amides is 2. The number of nitrogens with two attached hydrogens (primary N) is 1. The molecule has 0 aliphatic carbocycles. The number of piperidine rings is 1. The number of likely N-dealkylation sites (tertiary alicyclic amines) is 1. The zero-order chi connectivity index (χ0) is 22.5. The molecule has 2 amide bonds. The van der Waals surface area contributed by atoms with Crippen molar-refractivity contribution in [1.29, 1.82) is 0 Å². The van der Waals surface area contributed by atoms with Gasteiger partial charge < -0.3 is 20.3 Å². The van der Waals surface area contributed by atoms with Crippen molar-refractivity contribution in [2.45, 2.75) is 31.8 Å². The van der Waals surface area contributed by atoms with Crippen molar-refractivity contribution in [2.24, 2.45) is 5.73 Å². The molecule has 1 unspecified atom stereocenters. The highest BCUT2D eigenvalue weighted by Gasteiger charge is 2.32. The number of hydrogen-bond donors (Lipinski definition) is 2. The lowest BCUT2D eigenvalue weighted by molar-refractivity contribution is -0.142. The van der Waals surface area contributed by atoms with Crippen LogP contribution in [-0.4, -0.2) is 84.2 Å². The van der Waals surface area contributed by atoms with E-state index in [9.17, 15) is 14.4 Å². The molecule has 2 N–H and O–H groups in total. The second-order valence-electron chi connectivity index (χ2n) is 6.80. The lowest BCUT2D eigenvalue weighted by Gasteiger charge is -2.38. The molecule has 0 saturated carbocycles. The summed E-state index contributed by atoms with van der Waals surface area (Å²) in [7, 11) is 1.30. The number of hydrogen-bond acceptors (Lipinski definition) is 7. The Morgan fingerprint density at radius 3 is 2.30 bits per heavy atom. The number of carbonyl (C=O) groups is 3. The molecular formula is C21H33N3O4S2. The summed E-state index contributed by atoms with van der Waals surface area (Å²) in [6.45, 7) is 3.01. The van der Waals surface area contributed by atoms with E-state index in [2.05, 4.69) is 25.8 Å². The van der Waals surface area contributed by atoms with Gasteiger partial charge in [0, 0.05) is 30.4 Å². The van der Waals surface area contributed by atoms with Crippen LogP contribution in [-0.2, 0) is 14.3 Å². The van der Waals surface area contributed by atoms with Gasteiger partial charge in [-0.15, -0.1) is 0 Å². The first-order chi connectivity index (χ1) is 14.4. The van der Waals surface area contributed by atoms with E-state index in [1.54, 1.807) is 34.1 Å². The Morgan fingerprint density at radius 2 is 1.83 bits per heavy atom. The molecule has 0 aromatic heterocycles. The Bertz CT molecular complexity index is 665. The third kappa shape index (κ3) is 8.20. The van der Waals surface area contributed by atoms with E-state index < -0.39 is 12.0 Å². The fourth-order valence-electron chi connectivity index (χ4n) is 3.03. The van der Waals surface area contributed by atoms with Gasteiger partial charge in [0.25, 0.3) is 5.91 Å². The minimum absolute atomic E-state index is 0.112. The van der Waals surface area contributed by atoms with Gasteiger partial charge in [0.05, 0.1) is 13.2 Å². The standard InChI is InChI=1S/C18H25N3O4S.C3H8S/c1-25-16(22)11-21(17(23)13-5-3-2-4-6-13)14-7-9-20(10-8-14)18(24)15(19)12-26;1-3-4-2/h2-6,14-15,26H,7-12,19H2,1H3;3H2,1-2H3. The summed E-state index contributed by atoms with van der Waals surface area (Å²) in [6, 6.07) is 8.07. The molecule has 7 nitrogen and oxygen atoms in total. The molecule has 1 atom stereocenters. The number of thioether (sulfide) groups is 1. The van der Waals surface area contributed by atoms with Gasteiger partial charge in [0.2, 0.25) is 5.91 Å². The van der Waals surface area contributed by atoms with E-state index in [0.29, 0.717) is 37.2 Å². The third-order valence-corrected chi connectivity index (χ3v) is 5.80. The molecule has 0 bridgehead atoms. The summed E-state index contributed by atoms with van der Waals surface area (Å²) in [5.74, 6) is 0.713. The molecule has 1 aliphatic heterocycles. The van der Waals surface area contributed by atoms with Crippen molar-refractivity contribution < 1.29 is 19.1 Å².